The summed E-state index contributed by atoms with van der Waals surface area (Å²) in [5.74, 6) is 0. The van der Waals surface area contributed by atoms with E-state index in [-0.39, 0.29) is 0 Å². The minimum atomic E-state index is 1.06. The molecule has 1 aliphatic carbocycles. The highest BCUT2D eigenvalue weighted by Crippen LogP contribution is 2.25. The second-order valence-corrected chi connectivity index (χ2v) is 4.08. The van der Waals surface area contributed by atoms with Gasteiger partial charge in [-0.2, -0.15) is 0 Å². The van der Waals surface area contributed by atoms with E-state index in [0.29, 0.717) is 0 Å². The fourth-order valence-corrected chi connectivity index (χ4v) is 2.11. The summed E-state index contributed by atoms with van der Waals surface area (Å²) in [6.07, 6.45) is 7.58. The van der Waals surface area contributed by atoms with Crippen LogP contribution in [0.5, 0.6) is 0 Å². The molecule has 0 saturated carbocycles. The lowest BCUT2D eigenvalue weighted by Gasteiger charge is -2.12. The predicted molar refractivity (Wildman–Crippen MR) is 68.1 cm³/mol. The normalized spacial score (nSPS) is 13.5. The highest BCUT2D eigenvalue weighted by Gasteiger charge is 2.06. The summed E-state index contributed by atoms with van der Waals surface area (Å²) in [7, 11) is 0. The van der Waals surface area contributed by atoms with E-state index in [1.54, 1.807) is 0 Å². The minimum Gasteiger partial charge on any atom is -0.0835 e. The van der Waals surface area contributed by atoms with Gasteiger partial charge in [-0.3, -0.25) is 0 Å². The Labute approximate surface area is 96.3 Å². The second kappa shape index (κ2) is 3.97. The quantitative estimate of drug-likeness (QED) is 0.659. The summed E-state index contributed by atoms with van der Waals surface area (Å²) >= 11 is 0. The van der Waals surface area contributed by atoms with Crippen LogP contribution < -0.4 is 0 Å². The molecule has 0 heteroatoms. The Morgan fingerprint density at radius 3 is 2.56 bits per heavy atom. The lowest BCUT2D eigenvalue weighted by atomic mass is 9.93. The van der Waals surface area contributed by atoms with Crippen molar-refractivity contribution >= 4 is 0 Å². The molecule has 0 amide bonds. The van der Waals surface area contributed by atoms with Gasteiger partial charge in [0.1, 0.15) is 0 Å². The number of hydrogen-bond acceptors (Lipinski definition) is 0. The zero-order valence-corrected chi connectivity index (χ0v) is 9.06. The highest BCUT2D eigenvalue weighted by molar-refractivity contribution is 5.66. The molecule has 3 rings (SSSR count). The first-order valence-corrected chi connectivity index (χ1v) is 5.62. The average molecular weight is 205 g/mol. The topological polar surface area (TPSA) is 0 Å². The van der Waals surface area contributed by atoms with Crippen molar-refractivity contribution in [2.45, 2.75) is 6.42 Å². The highest BCUT2D eigenvalue weighted by atomic mass is 14.1. The third-order valence-corrected chi connectivity index (χ3v) is 3.00. The molecule has 0 aromatic heterocycles. The van der Waals surface area contributed by atoms with Crippen LogP contribution in [-0.4, -0.2) is 0 Å². The number of hydrogen-bond donors (Lipinski definition) is 0. The molecular weight excluding hydrogens is 192 g/mol. The molecule has 0 atom stereocenters. The van der Waals surface area contributed by atoms with E-state index in [9.17, 15) is 0 Å². The van der Waals surface area contributed by atoms with Crippen LogP contribution >= 0.6 is 0 Å². The second-order valence-electron chi connectivity index (χ2n) is 4.08. The van der Waals surface area contributed by atoms with E-state index in [0.717, 1.165) is 6.42 Å². The van der Waals surface area contributed by atoms with Gasteiger partial charge in [0.15, 0.2) is 0 Å². The van der Waals surface area contributed by atoms with E-state index >= 15 is 0 Å². The van der Waals surface area contributed by atoms with Crippen molar-refractivity contribution in [1.29, 1.82) is 0 Å². The molecule has 0 fully saturated rings. The number of fused-ring (bicyclic) bond motifs is 1. The Balaban J connectivity index is 2.05. The summed E-state index contributed by atoms with van der Waals surface area (Å²) in [6, 6.07) is 17.2. The summed E-state index contributed by atoms with van der Waals surface area (Å²) in [5, 5.41) is 0. The molecule has 0 unspecified atom stereocenters. The van der Waals surface area contributed by atoms with E-state index in [1.807, 2.05) is 0 Å². The first kappa shape index (κ1) is 9.41. The standard InChI is InChI=1S/C16H13/c1-2-6-13(7-3-1)16-11-10-14-8-4-5-9-15(14)12-16/h1-7,9-12H,8H2. The Morgan fingerprint density at radius 2 is 1.69 bits per heavy atom. The van der Waals surface area contributed by atoms with Crippen LogP contribution in [-0.2, 0) is 6.42 Å². The average Bonchev–Trinajstić information content (AvgIpc) is 2.39. The van der Waals surface area contributed by atoms with Gasteiger partial charge < -0.3 is 0 Å². The van der Waals surface area contributed by atoms with Crippen LogP contribution in [0.3, 0.4) is 0 Å². The zero-order chi connectivity index (χ0) is 10.8. The van der Waals surface area contributed by atoms with Crippen molar-refractivity contribution in [2.24, 2.45) is 0 Å². The summed E-state index contributed by atoms with van der Waals surface area (Å²) < 4.78 is 0. The third kappa shape index (κ3) is 1.67. The molecule has 77 valence electrons. The van der Waals surface area contributed by atoms with Gasteiger partial charge in [0.2, 0.25) is 0 Å². The molecule has 0 nitrogen and oxygen atoms in total. The SMILES string of the molecule is [CH]1C=CCc2ccc(-c3ccccc3)cc21. The van der Waals surface area contributed by atoms with Crippen molar-refractivity contribution in [3.63, 3.8) is 0 Å². The van der Waals surface area contributed by atoms with E-state index in [4.69, 9.17) is 0 Å². The van der Waals surface area contributed by atoms with Gasteiger partial charge >= 0.3 is 0 Å². The van der Waals surface area contributed by atoms with Gasteiger partial charge in [-0.1, -0.05) is 60.7 Å². The van der Waals surface area contributed by atoms with Crippen LogP contribution in [0.4, 0.5) is 0 Å². The Bertz CT molecular complexity index is 521. The molecule has 2 aromatic rings. The summed E-state index contributed by atoms with van der Waals surface area (Å²) in [5.41, 5.74) is 5.35. The lowest BCUT2D eigenvalue weighted by molar-refractivity contribution is 1.19. The number of rotatable bonds is 1. The molecule has 0 bridgehead atoms. The van der Waals surface area contributed by atoms with Gasteiger partial charge in [-0.15, -0.1) is 0 Å². The fourth-order valence-electron chi connectivity index (χ4n) is 2.11. The maximum Gasteiger partial charge on any atom is 0.0125 e. The van der Waals surface area contributed by atoms with Gasteiger partial charge in [-0.05, 0) is 28.7 Å². The molecule has 0 aliphatic heterocycles. The molecule has 1 aliphatic rings. The van der Waals surface area contributed by atoms with Crippen LogP contribution in [0.1, 0.15) is 11.1 Å². The molecule has 0 N–H and O–H groups in total. The zero-order valence-electron chi connectivity index (χ0n) is 9.06. The molecule has 0 heterocycles. The molecule has 16 heavy (non-hydrogen) atoms. The lowest BCUT2D eigenvalue weighted by Crippen LogP contribution is -1.95. The Morgan fingerprint density at radius 1 is 0.812 bits per heavy atom. The Kier molecular flexibility index (Phi) is 2.34. The smallest absolute Gasteiger partial charge is 0.0125 e. The van der Waals surface area contributed by atoms with Crippen LogP contribution in [0.25, 0.3) is 11.1 Å². The van der Waals surface area contributed by atoms with Crippen molar-refractivity contribution < 1.29 is 0 Å². The summed E-state index contributed by atoms with van der Waals surface area (Å²) in [4.78, 5) is 0. The van der Waals surface area contributed by atoms with Crippen LogP contribution in [0.15, 0.2) is 60.7 Å². The maximum absolute atomic E-state index is 2.27. The molecule has 1 radical (unpaired) electrons. The van der Waals surface area contributed by atoms with Gasteiger partial charge in [-0.25, -0.2) is 0 Å². The monoisotopic (exact) mass is 205 g/mol. The van der Waals surface area contributed by atoms with Crippen LogP contribution in [0.2, 0.25) is 0 Å². The fraction of sp³-hybridized carbons (Fsp3) is 0.0625. The van der Waals surface area contributed by atoms with Gasteiger partial charge in [0.25, 0.3) is 0 Å². The maximum atomic E-state index is 2.27. The van der Waals surface area contributed by atoms with Gasteiger partial charge in [0.05, 0.1) is 0 Å². The molecular formula is C16H13. The summed E-state index contributed by atoms with van der Waals surface area (Å²) in [6.45, 7) is 0. The first-order valence-electron chi connectivity index (χ1n) is 5.62. The van der Waals surface area contributed by atoms with Crippen molar-refractivity contribution in [2.75, 3.05) is 0 Å². The van der Waals surface area contributed by atoms with Crippen molar-refractivity contribution in [3.8, 4) is 11.1 Å². The molecule has 0 saturated heterocycles. The molecule has 0 spiro atoms. The predicted octanol–water partition coefficient (Wildman–Crippen LogP) is 4.02. The minimum absolute atomic E-state index is 1.06. The molecule has 2 aromatic carbocycles. The Hall–Kier alpha value is -1.82. The first-order chi connectivity index (χ1) is 7.93. The van der Waals surface area contributed by atoms with Crippen molar-refractivity contribution in [3.05, 3.63) is 78.2 Å². The van der Waals surface area contributed by atoms with Crippen molar-refractivity contribution in [1.82, 2.24) is 0 Å². The third-order valence-electron chi connectivity index (χ3n) is 3.00. The van der Waals surface area contributed by atoms with Gasteiger partial charge in [0, 0.05) is 6.42 Å². The van der Waals surface area contributed by atoms with Crippen LogP contribution in [0, 0.1) is 6.42 Å². The number of allylic oxidation sites excluding steroid dienone is 2. The van der Waals surface area contributed by atoms with E-state index < -0.39 is 0 Å². The number of benzene rings is 2. The van der Waals surface area contributed by atoms with E-state index in [2.05, 4.69) is 67.1 Å². The van der Waals surface area contributed by atoms with E-state index in [1.165, 1.54) is 22.3 Å². The largest absolute Gasteiger partial charge is 0.0835 e.